The van der Waals surface area contributed by atoms with Crippen LogP contribution in [-0.2, 0) is 9.53 Å². The number of benzene rings is 2. The molecule has 0 aliphatic carbocycles. The van der Waals surface area contributed by atoms with Crippen LogP contribution in [0, 0.1) is 0 Å². The Morgan fingerprint density at radius 1 is 1.09 bits per heavy atom. The van der Waals surface area contributed by atoms with Gasteiger partial charge < -0.3 is 24.8 Å². The predicted octanol–water partition coefficient (Wildman–Crippen LogP) is 5.24. The first kappa shape index (κ1) is 24.5. The molecule has 2 amide bonds. The minimum Gasteiger partial charge on any atom is -0.490 e. The molecule has 3 rings (SSSR count). The zero-order valence-corrected chi connectivity index (χ0v) is 20.2. The lowest BCUT2D eigenvalue weighted by molar-refractivity contribution is -0.143. The number of amides is 2. The van der Waals surface area contributed by atoms with Crippen molar-refractivity contribution >= 4 is 29.3 Å². The van der Waals surface area contributed by atoms with Gasteiger partial charge in [-0.1, -0.05) is 41.9 Å². The second-order valence-electron chi connectivity index (χ2n) is 8.07. The third-order valence-corrected chi connectivity index (χ3v) is 5.00. The van der Waals surface area contributed by atoms with Gasteiger partial charge in [-0.15, -0.1) is 0 Å². The maximum absolute atomic E-state index is 13.2. The third kappa shape index (κ3) is 5.79. The van der Waals surface area contributed by atoms with E-state index in [0.29, 0.717) is 40.0 Å². The van der Waals surface area contributed by atoms with Crippen molar-refractivity contribution < 1.29 is 23.8 Å². The predicted molar refractivity (Wildman–Crippen MR) is 127 cm³/mol. The molecule has 0 saturated carbocycles. The van der Waals surface area contributed by atoms with Crippen LogP contribution in [0.15, 0.2) is 48.0 Å². The van der Waals surface area contributed by atoms with E-state index in [2.05, 4.69) is 10.6 Å². The first-order valence-electron chi connectivity index (χ1n) is 10.9. The van der Waals surface area contributed by atoms with E-state index in [1.54, 1.807) is 26.0 Å². The minimum atomic E-state index is -0.815. The van der Waals surface area contributed by atoms with E-state index in [1.807, 2.05) is 51.1 Å². The van der Waals surface area contributed by atoms with Crippen molar-refractivity contribution in [3.63, 3.8) is 0 Å². The number of carbonyl (C=O) groups excluding carboxylic acids is 2. The summed E-state index contributed by atoms with van der Waals surface area (Å²) in [6, 6.07) is 11.3. The molecule has 2 aromatic rings. The normalized spacial score (nSPS) is 15.9. The van der Waals surface area contributed by atoms with Gasteiger partial charge in [-0.2, -0.15) is 0 Å². The Balaban J connectivity index is 2.20. The molecule has 0 bridgehead atoms. The molecule has 0 saturated heterocycles. The molecule has 0 fully saturated rings. The van der Waals surface area contributed by atoms with Crippen LogP contribution in [0.2, 0.25) is 5.02 Å². The standard InChI is InChI=1S/C25H29ClN2O5/c1-6-31-19-13-17(12-18(26)23(19)32-14(2)3)22-20(24(29)33-15(4)5)21(27-25(30)28-22)16-10-8-7-9-11-16/h7-15,22H,6H2,1-5H3,(H2,27,28,30). The summed E-state index contributed by atoms with van der Waals surface area (Å²) in [5.74, 6) is 0.299. The Hall–Kier alpha value is -3.19. The zero-order valence-electron chi connectivity index (χ0n) is 19.4. The molecule has 33 heavy (non-hydrogen) atoms. The van der Waals surface area contributed by atoms with E-state index in [-0.39, 0.29) is 17.8 Å². The van der Waals surface area contributed by atoms with Gasteiger partial charge >= 0.3 is 12.0 Å². The van der Waals surface area contributed by atoms with E-state index in [1.165, 1.54) is 0 Å². The lowest BCUT2D eigenvalue weighted by Crippen LogP contribution is -2.45. The number of ether oxygens (including phenoxy) is 3. The van der Waals surface area contributed by atoms with Crippen molar-refractivity contribution in [2.45, 2.75) is 52.9 Å². The highest BCUT2D eigenvalue weighted by Gasteiger charge is 2.35. The summed E-state index contributed by atoms with van der Waals surface area (Å²) < 4.78 is 17.2. The Labute approximate surface area is 199 Å². The molecule has 1 heterocycles. The molecule has 2 N–H and O–H groups in total. The number of esters is 1. The Morgan fingerprint density at radius 2 is 1.79 bits per heavy atom. The molecular weight excluding hydrogens is 444 g/mol. The molecule has 0 spiro atoms. The third-order valence-electron chi connectivity index (χ3n) is 4.72. The fraction of sp³-hybridized carbons (Fsp3) is 0.360. The summed E-state index contributed by atoms with van der Waals surface area (Å²) >= 11 is 6.57. The van der Waals surface area contributed by atoms with Crippen LogP contribution in [-0.4, -0.2) is 30.8 Å². The number of hydrogen-bond donors (Lipinski definition) is 2. The van der Waals surface area contributed by atoms with Gasteiger partial charge in [0.2, 0.25) is 0 Å². The number of urea groups is 1. The van der Waals surface area contributed by atoms with Crippen LogP contribution in [0.5, 0.6) is 11.5 Å². The number of carbonyl (C=O) groups is 2. The van der Waals surface area contributed by atoms with Crippen LogP contribution in [0.4, 0.5) is 4.79 Å². The molecule has 2 aromatic carbocycles. The molecule has 1 unspecified atom stereocenters. The van der Waals surface area contributed by atoms with Gasteiger partial charge in [-0.25, -0.2) is 9.59 Å². The second-order valence-corrected chi connectivity index (χ2v) is 8.48. The number of halogens is 1. The highest BCUT2D eigenvalue weighted by atomic mass is 35.5. The first-order valence-corrected chi connectivity index (χ1v) is 11.3. The highest BCUT2D eigenvalue weighted by molar-refractivity contribution is 6.32. The van der Waals surface area contributed by atoms with Gasteiger partial charge in [0, 0.05) is 0 Å². The Bertz CT molecular complexity index is 1050. The van der Waals surface area contributed by atoms with Crippen molar-refractivity contribution in [1.29, 1.82) is 0 Å². The summed E-state index contributed by atoms with van der Waals surface area (Å²) in [5.41, 5.74) is 1.90. The number of hydrogen-bond acceptors (Lipinski definition) is 5. The van der Waals surface area contributed by atoms with Crippen LogP contribution in [0.3, 0.4) is 0 Å². The quantitative estimate of drug-likeness (QED) is 0.513. The van der Waals surface area contributed by atoms with Gasteiger partial charge in [0.05, 0.1) is 41.1 Å². The Morgan fingerprint density at radius 3 is 2.39 bits per heavy atom. The van der Waals surface area contributed by atoms with E-state index < -0.39 is 18.0 Å². The summed E-state index contributed by atoms with van der Waals surface area (Å²) in [4.78, 5) is 25.9. The van der Waals surface area contributed by atoms with Gasteiger partial charge in [0.1, 0.15) is 0 Å². The summed E-state index contributed by atoms with van der Waals surface area (Å²) in [6.45, 7) is 9.56. The van der Waals surface area contributed by atoms with Crippen molar-refractivity contribution in [3.05, 3.63) is 64.2 Å². The summed E-state index contributed by atoms with van der Waals surface area (Å²) in [6.07, 6.45) is -0.461. The largest absolute Gasteiger partial charge is 0.490 e. The molecule has 8 heteroatoms. The van der Waals surface area contributed by atoms with Crippen LogP contribution in [0.1, 0.15) is 51.8 Å². The lowest BCUT2D eigenvalue weighted by Gasteiger charge is -2.30. The van der Waals surface area contributed by atoms with E-state index >= 15 is 0 Å². The van der Waals surface area contributed by atoms with Crippen molar-refractivity contribution in [3.8, 4) is 11.5 Å². The van der Waals surface area contributed by atoms with Gasteiger partial charge in [0.25, 0.3) is 0 Å². The SMILES string of the molecule is CCOc1cc(C2NC(=O)NC(c3ccccc3)=C2C(=O)OC(C)C)cc(Cl)c1OC(C)C. The lowest BCUT2D eigenvalue weighted by atomic mass is 9.92. The summed E-state index contributed by atoms with van der Waals surface area (Å²) in [7, 11) is 0. The van der Waals surface area contributed by atoms with Gasteiger partial charge in [-0.3, -0.25) is 0 Å². The average molecular weight is 473 g/mol. The number of rotatable bonds is 8. The van der Waals surface area contributed by atoms with Gasteiger partial charge in [0.15, 0.2) is 11.5 Å². The second kappa shape index (κ2) is 10.6. The summed E-state index contributed by atoms with van der Waals surface area (Å²) in [5, 5.41) is 5.91. The molecule has 7 nitrogen and oxygen atoms in total. The first-order chi connectivity index (χ1) is 15.7. The topological polar surface area (TPSA) is 85.9 Å². The van der Waals surface area contributed by atoms with E-state index in [4.69, 9.17) is 25.8 Å². The van der Waals surface area contributed by atoms with Crippen molar-refractivity contribution in [1.82, 2.24) is 10.6 Å². The van der Waals surface area contributed by atoms with Crippen molar-refractivity contribution in [2.75, 3.05) is 6.61 Å². The van der Waals surface area contributed by atoms with E-state index in [9.17, 15) is 9.59 Å². The molecule has 0 aromatic heterocycles. The van der Waals surface area contributed by atoms with Gasteiger partial charge in [-0.05, 0) is 57.9 Å². The van der Waals surface area contributed by atoms with E-state index in [0.717, 1.165) is 0 Å². The molecule has 176 valence electrons. The highest BCUT2D eigenvalue weighted by Crippen LogP contribution is 2.41. The monoisotopic (exact) mass is 472 g/mol. The fourth-order valence-electron chi connectivity index (χ4n) is 3.51. The Kier molecular flexibility index (Phi) is 7.87. The van der Waals surface area contributed by atoms with Crippen molar-refractivity contribution in [2.24, 2.45) is 0 Å². The maximum Gasteiger partial charge on any atom is 0.338 e. The molecular formula is C25H29ClN2O5. The molecule has 1 aliphatic heterocycles. The number of nitrogens with one attached hydrogen (secondary N) is 2. The fourth-order valence-corrected chi connectivity index (χ4v) is 3.78. The van der Waals surface area contributed by atoms with Crippen LogP contribution < -0.4 is 20.1 Å². The molecule has 1 atom stereocenters. The zero-order chi connectivity index (χ0) is 24.1. The average Bonchev–Trinajstić information content (AvgIpc) is 2.75. The molecule has 1 aliphatic rings. The van der Waals surface area contributed by atoms with Crippen LogP contribution >= 0.6 is 11.6 Å². The minimum absolute atomic E-state index is 0.118. The molecule has 0 radical (unpaired) electrons. The smallest absolute Gasteiger partial charge is 0.338 e. The van der Waals surface area contributed by atoms with Crippen LogP contribution in [0.25, 0.3) is 5.70 Å². The maximum atomic E-state index is 13.2.